The molecule has 2 aromatic rings. The van der Waals surface area contributed by atoms with Crippen molar-refractivity contribution in [1.29, 1.82) is 0 Å². The summed E-state index contributed by atoms with van der Waals surface area (Å²) in [5.74, 6) is -0.0436. The molecule has 1 aliphatic rings. The molecule has 3 rings (SSSR count). The normalized spacial score (nSPS) is 15.3. The molecule has 5 nitrogen and oxygen atoms in total. The highest BCUT2D eigenvalue weighted by atomic mass is 35.5. The third-order valence-electron chi connectivity index (χ3n) is 4.64. The predicted molar refractivity (Wildman–Crippen MR) is 108 cm³/mol. The van der Waals surface area contributed by atoms with Gasteiger partial charge in [0.15, 0.2) is 0 Å². The zero-order valence-electron chi connectivity index (χ0n) is 15.0. The van der Waals surface area contributed by atoms with E-state index < -0.39 is 16.1 Å². The molecule has 1 N–H and O–H groups in total. The van der Waals surface area contributed by atoms with E-state index in [-0.39, 0.29) is 10.8 Å². The molecule has 0 bridgehead atoms. The van der Waals surface area contributed by atoms with Crippen LogP contribution in [0.25, 0.3) is 0 Å². The van der Waals surface area contributed by atoms with E-state index in [0.717, 1.165) is 24.1 Å². The number of benzene rings is 2. The topological polar surface area (TPSA) is 66.5 Å². The first kappa shape index (κ1) is 20.1. The van der Waals surface area contributed by atoms with Crippen LogP contribution in [0.5, 0.6) is 0 Å². The van der Waals surface area contributed by atoms with Crippen LogP contribution in [0.1, 0.15) is 37.4 Å². The van der Waals surface area contributed by atoms with Crippen molar-refractivity contribution in [3.63, 3.8) is 0 Å². The number of amides is 1. The van der Waals surface area contributed by atoms with E-state index >= 15 is 0 Å². The number of halogens is 2. The fourth-order valence-corrected chi connectivity index (χ4v) is 4.81. The van der Waals surface area contributed by atoms with Crippen LogP contribution in [-0.2, 0) is 21.2 Å². The van der Waals surface area contributed by atoms with E-state index in [1.54, 1.807) is 42.2 Å². The van der Waals surface area contributed by atoms with Gasteiger partial charge in [0.2, 0.25) is 15.9 Å². The number of nitrogens with one attached hydrogen (secondary N) is 1. The molecule has 144 valence electrons. The number of carbonyl (C=O) groups excluding carboxylic acids is 1. The van der Waals surface area contributed by atoms with Gasteiger partial charge in [0, 0.05) is 25.2 Å². The largest absolute Gasteiger partial charge is 0.312 e. The molecule has 0 radical (unpaired) electrons. The van der Waals surface area contributed by atoms with Gasteiger partial charge in [-0.3, -0.25) is 4.79 Å². The molecular weight excluding hydrogens is 407 g/mol. The summed E-state index contributed by atoms with van der Waals surface area (Å²) < 4.78 is 28.3. The number of rotatable bonds is 4. The molecule has 0 fully saturated rings. The number of hydrogen-bond acceptors (Lipinski definition) is 3. The van der Waals surface area contributed by atoms with Crippen molar-refractivity contribution < 1.29 is 13.2 Å². The highest BCUT2D eigenvalue weighted by Crippen LogP contribution is 2.30. The van der Waals surface area contributed by atoms with Crippen LogP contribution in [0.2, 0.25) is 10.0 Å². The summed E-state index contributed by atoms with van der Waals surface area (Å²) in [6, 6.07) is 9.43. The zero-order valence-corrected chi connectivity index (χ0v) is 17.3. The second kappa shape index (κ2) is 7.80. The van der Waals surface area contributed by atoms with Gasteiger partial charge in [0.25, 0.3) is 0 Å². The maximum atomic E-state index is 12.8. The van der Waals surface area contributed by atoms with Crippen LogP contribution >= 0.6 is 23.2 Å². The number of fused-ring (bicyclic) bond motifs is 1. The average molecular weight is 427 g/mol. The Morgan fingerprint density at radius 1 is 1.15 bits per heavy atom. The van der Waals surface area contributed by atoms with Gasteiger partial charge >= 0.3 is 0 Å². The molecule has 27 heavy (non-hydrogen) atoms. The number of anilines is 1. The highest BCUT2D eigenvalue weighted by molar-refractivity contribution is 7.89. The van der Waals surface area contributed by atoms with Gasteiger partial charge in [0.05, 0.1) is 14.9 Å². The summed E-state index contributed by atoms with van der Waals surface area (Å²) in [7, 11) is -3.73. The first-order valence-electron chi connectivity index (χ1n) is 8.57. The van der Waals surface area contributed by atoms with Gasteiger partial charge in [-0.15, -0.1) is 0 Å². The van der Waals surface area contributed by atoms with Gasteiger partial charge in [-0.2, -0.15) is 0 Å². The monoisotopic (exact) mass is 426 g/mol. The number of aryl methyl sites for hydroxylation is 1. The Morgan fingerprint density at radius 2 is 1.89 bits per heavy atom. The molecule has 0 saturated carbocycles. The van der Waals surface area contributed by atoms with E-state index in [1.807, 2.05) is 0 Å². The molecule has 1 amide bonds. The lowest BCUT2D eigenvalue weighted by Gasteiger charge is -2.29. The Bertz CT molecular complexity index is 992. The van der Waals surface area contributed by atoms with Crippen molar-refractivity contribution >= 4 is 44.8 Å². The van der Waals surface area contributed by atoms with E-state index in [0.29, 0.717) is 22.2 Å². The second-order valence-electron chi connectivity index (χ2n) is 6.58. The SMILES string of the molecule is CC(=O)N1CCCc2cc(S(=O)(=O)N[C@@H](C)c3ccc(Cl)c(Cl)c3)ccc21. The summed E-state index contributed by atoms with van der Waals surface area (Å²) in [4.78, 5) is 13.6. The maximum Gasteiger partial charge on any atom is 0.241 e. The van der Waals surface area contributed by atoms with Gasteiger partial charge in [0.1, 0.15) is 0 Å². The van der Waals surface area contributed by atoms with Crippen LogP contribution in [0, 0.1) is 0 Å². The van der Waals surface area contributed by atoms with Crippen molar-refractivity contribution in [2.24, 2.45) is 0 Å². The van der Waals surface area contributed by atoms with E-state index in [4.69, 9.17) is 23.2 Å². The Morgan fingerprint density at radius 3 is 2.56 bits per heavy atom. The van der Waals surface area contributed by atoms with E-state index in [2.05, 4.69) is 4.72 Å². The fraction of sp³-hybridized carbons (Fsp3) is 0.316. The fourth-order valence-electron chi connectivity index (χ4n) is 3.22. The summed E-state index contributed by atoms with van der Waals surface area (Å²) in [5.41, 5.74) is 2.36. The third kappa shape index (κ3) is 4.29. The molecule has 1 atom stereocenters. The van der Waals surface area contributed by atoms with Crippen LogP contribution in [0.3, 0.4) is 0 Å². The van der Waals surface area contributed by atoms with Crippen molar-refractivity contribution in [1.82, 2.24) is 4.72 Å². The first-order valence-corrected chi connectivity index (χ1v) is 10.8. The molecule has 8 heteroatoms. The highest BCUT2D eigenvalue weighted by Gasteiger charge is 2.24. The van der Waals surface area contributed by atoms with Crippen molar-refractivity contribution in [3.05, 3.63) is 57.6 Å². The quantitative estimate of drug-likeness (QED) is 0.790. The van der Waals surface area contributed by atoms with Gasteiger partial charge in [-0.1, -0.05) is 29.3 Å². The minimum absolute atomic E-state index is 0.0436. The summed E-state index contributed by atoms with van der Waals surface area (Å²) in [6.07, 6.45) is 1.55. The molecular formula is C19H20Cl2N2O3S. The standard InChI is InChI=1S/C19H20Cl2N2O3S/c1-12(14-5-7-17(20)18(21)11-14)22-27(25,26)16-6-8-19-15(10-16)4-3-9-23(19)13(2)24/h5-8,10-12,22H,3-4,9H2,1-2H3/t12-/m0/s1. The van der Waals surface area contributed by atoms with Crippen LogP contribution < -0.4 is 9.62 Å². The van der Waals surface area contributed by atoms with Crippen LogP contribution in [0.4, 0.5) is 5.69 Å². The number of carbonyl (C=O) groups is 1. The molecule has 0 saturated heterocycles. The molecule has 1 aliphatic heterocycles. The second-order valence-corrected chi connectivity index (χ2v) is 9.11. The molecule has 1 heterocycles. The Labute approximate surface area is 169 Å². The van der Waals surface area contributed by atoms with Crippen molar-refractivity contribution in [3.8, 4) is 0 Å². The number of nitrogens with zero attached hydrogens (tertiary/aromatic N) is 1. The number of sulfonamides is 1. The van der Waals surface area contributed by atoms with E-state index in [9.17, 15) is 13.2 Å². The minimum Gasteiger partial charge on any atom is -0.312 e. The van der Waals surface area contributed by atoms with Crippen molar-refractivity contribution in [2.75, 3.05) is 11.4 Å². The summed E-state index contributed by atoms with van der Waals surface area (Å²) >= 11 is 11.9. The van der Waals surface area contributed by atoms with E-state index in [1.165, 1.54) is 13.0 Å². The smallest absolute Gasteiger partial charge is 0.241 e. The van der Waals surface area contributed by atoms with Crippen LogP contribution in [0.15, 0.2) is 41.3 Å². The Balaban J connectivity index is 1.86. The molecule has 0 unspecified atom stereocenters. The molecule has 0 aromatic heterocycles. The number of hydrogen-bond donors (Lipinski definition) is 1. The van der Waals surface area contributed by atoms with Gasteiger partial charge in [-0.25, -0.2) is 13.1 Å². The zero-order chi connectivity index (χ0) is 19.8. The molecule has 0 spiro atoms. The lowest BCUT2D eigenvalue weighted by Crippen LogP contribution is -2.34. The lowest BCUT2D eigenvalue weighted by atomic mass is 10.0. The van der Waals surface area contributed by atoms with Gasteiger partial charge < -0.3 is 4.90 Å². The van der Waals surface area contributed by atoms with Gasteiger partial charge in [-0.05, 0) is 61.2 Å². The Hall–Kier alpha value is -1.60. The summed E-state index contributed by atoms with van der Waals surface area (Å²) in [5, 5.41) is 0.790. The molecule has 0 aliphatic carbocycles. The van der Waals surface area contributed by atoms with Crippen LogP contribution in [-0.4, -0.2) is 20.9 Å². The Kier molecular flexibility index (Phi) is 5.82. The average Bonchev–Trinajstić information content (AvgIpc) is 2.62. The predicted octanol–water partition coefficient (Wildman–Crippen LogP) is 4.33. The third-order valence-corrected chi connectivity index (χ3v) is 6.91. The lowest BCUT2D eigenvalue weighted by molar-refractivity contribution is -0.116. The summed E-state index contributed by atoms with van der Waals surface area (Å²) in [6.45, 7) is 3.91. The maximum absolute atomic E-state index is 12.8. The molecule has 2 aromatic carbocycles. The first-order chi connectivity index (χ1) is 12.7. The minimum atomic E-state index is -3.73. The van der Waals surface area contributed by atoms with Crippen molar-refractivity contribution in [2.45, 2.75) is 37.6 Å².